The van der Waals surface area contributed by atoms with Crippen LogP contribution in [0.1, 0.15) is 0 Å². The Labute approximate surface area is 140 Å². The third-order valence-corrected chi connectivity index (χ3v) is 5.32. The lowest BCUT2D eigenvalue weighted by molar-refractivity contribution is 0.486. The molecule has 0 amide bonds. The summed E-state index contributed by atoms with van der Waals surface area (Å²) >= 11 is 1.61. The SMILES string of the molecule is O=S(=O)(Oc1ccc(Sc2ccccc2)cc1)c1ccccc1. The quantitative estimate of drug-likeness (QED) is 0.635. The van der Waals surface area contributed by atoms with Gasteiger partial charge in [-0.15, -0.1) is 0 Å². The van der Waals surface area contributed by atoms with E-state index >= 15 is 0 Å². The molecule has 0 aromatic heterocycles. The zero-order chi connectivity index (χ0) is 16.1. The summed E-state index contributed by atoms with van der Waals surface area (Å²) in [5.41, 5.74) is 0. The van der Waals surface area contributed by atoms with Gasteiger partial charge in [0.25, 0.3) is 0 Å². The molecule has 0 bridgehead atoms. The van der Waals surface area contributed by atoms with Crippen LogP contribution in [0.2, 0.25) is 0 Å². The van der Waals surface area contributed by atoms with Crippen molar-refractivity contribution in [1.29, 1.82) is 0 Å². The summed E-state index contributed by atoms with van der Waals surface area (Å²) in [6.45, 7) is 0. The van der Waals surface area contributed by atoms with Crippen LogP contribution in [0.5, 0.6) is 5.75 Å². The first kappa shape index (κ1) is 15.6. The third kappa shape index (κ3) is 4.15. The Morgan fingerprint density at radius 1 is 0.652 bits per heavy atom. The molecule has 0 N–H and O–H groups in total. The normalized spacial score (nSPS) is 11.1. The molecule has 3 nitrogen and oxygen atoms in total. The van der Waals surface area contributed by atoms with Crippen LogP contribution in [-0.2, 0) is 10.1 Å². The Kier molecular flexibility index (Phi) is 4.69. The van der Waals surface area contributed by atoms with E-state index in [2.05, 4.69) is 0 Å². The smallest absolute Gasteiger partial charge is 0.339 e. The Morgan fingerprint density at radius 3 is 1.78 bits per heavy atom. The first-order valence-electron chi connectivity index (χ1n) is 6.96. The van der Waals surface area contributed by atoms with E-state index in [1.165, 1.54) is 12.1 Å². The van der Waals surface area contributed by atoms with Gasteiger partial charge in [0, 0.05) is 9.79 Å². The molecule has 3 aromatic rings. The van der Waals surface area contributed by atoms with Gasteiger partial charge in [0.05, 0.1) is 0 Å². The lowest BCUT2D eigenvalue weighted by atomic mass is 10.3. The molecule has 0 atom stereocenters. The highest BCUT2D eigenvalue weighted by Gasteiger charge is 2.15. The van der Waals surface area contributed by atoms with Gasteiger partial charge < -0.3 is 4.18 Å². The molecule has 0 unspecified atom stereocenters. The lowest BCUT2D eigenvalue weighted by Crippen LogP contribution is -2.09. The average molecular weight is 342 g/mol. The fourth-order valence-electron chi connectivity index (χ4n) is 1.95. The number of hydrogen-bond donors (Lipinski definition) is 0. The average Bonchev–Trinajstić information content (AvgIpc) is 2.58. The largest absolute Gasteiger partial charge is 0.379 e. The van der Waals surface area contributed by atoms with Crippen LogP contribution in [0.4, 0.5) is 0 Å². The van der Waals surface area contributed by atoms with E-state index in [4.69, 9.17) is 4.18 Å². The monoisotopic (exact) mass is 342 g/mol. The molecular weight excluding hydrogens is 328 g/mol. The summed E-state index contributed by atoms with van der Waals surface area (Å²) in [6.07, 6.45) is 0. The second kappa shape index (κ2) is 6.89. The van der Waals surface area contributed by atoms with Gasteiger partial charge in [-0.25, -0.2) is 0 Å². The van der Waals surface area contributed by atoms with E-state index < -0.39 is 10.1 Å². The summed E-state index contributed by atoms with van der Waals surface area (Å²) in [7, 11) is -3.79. The highest BCUT2D eigenvalue weighted by molar-refractivity contribution is 7.99. The molecule has 3 rings (SSSR count). The molecule has 0 fully saturated rings. The van der Waals surface area contributed by atoms with Crippen molar-refractivity contribution >= 4 is 21.9 Å². The number of hydrogen-bond acceptors (Lipinski definition) is 4. The van der Waals surface area contributed by atoms with Crippen molar-refractivity contribution in [2.45, 2.75) is 14.7 Å². The molecule has 0 aliphatic heterocycles. The minimum Gasteiger partial charge on any atom is -0.379 e. The summed E-state index contributed by atoms with van der Waals surface area (Å²) in [5.74, 6) is 0.297. The second-order valence-corrected chi connectivity index (χ2v) is 7.43. The van der Waals surface area contributed by atoms with E-state index in [9.17, 15) is 8.42 Å². The van der Waals surface area contributed by atoms with Crippen LogP contribution >= 0.6 is 11.8 Å². The molecular formula is C18H14O3S2. The van der Waals surface area contributed by atoms with Gasteiger partial charge in [0.15, 0.2) is 0 Å². The summed E-state index contributed by atoms with van der Waals surface area (Å²) in [5, 5.41) is 0. The Balaban J connectivity index is 1.73. The lowest BCUT2D eigenvalue weighted by Gasteiger charge is -2.07. The van der Waals surface area contributed by atoms with Gasteiger partial charge in [-0.2, -0.15) is 8.42 Å². The third-order valence-electron chi connectivity index (χ3n) is 3.04. The molecule has 116 valence electrons. The minimum absolute atomic E-state index is 0.141. The Morgan fingerprint density at radius 2 is 1.17 bits per heavy atom. The maximum absolute atomic E-state index is 12.2. The summed E-state index contributed by atoms with van der Waals surface area (Å²) in [4.78, 5) is 2.28. The van der Waals surface area contributed by atoms with Crippen molar-refractivity contribution in [1.82, 2.24) is 0 Å². The molecule has 0 aliphatic rings. The van der Waals surface area contributed by atoms with Crippen molar-refractivity contribution in [2.24, 2.45) is 0 Å². The van der Waals surface area contributed by atoms with Crippen molar-refractivity contribution in [3.05, 3.63) is 84.9 Å². The second-order valence-electron chi connectivity index (χ2n) is 4.74. The van der Waals surface area contributed by atoms with E-state index in [0.717, 1.165) is 9.79 Å². The molecule has 0 radical (unpaired) electrons. The van der Waals surface area contributed by atoms with Crippen LogP contribution in [-0.4, -0.2) is 8.42 Å². The van der Waals surface area contributed by atoms with E-state index in [-0.39, 0.29) is 4.90 Å². The standard InChI is InChI=1S/C18H14O3S2/c19-23(20,18-9-5-2-6-10-18)21-15-11-13-17(14-12-15)22-16-7-3-1-4-8-16/h1-14H. The highest BCUT2D eigenvalue weighted by Crippen LogP contribution is 2.29. The van der Waals surface area contributed by atoms with Gasteiger partial charge >= 0.3 is 10.1 Å². The molecule has 0 saturated carbocycles. The van der Waals surface area contributed by atoms with Gasteiger partial charge in [0.1, 0.15) is 10.6 Å². The first-order valence-corrected chi connectivity index (χ1v) is 9.18. The highest BCUT2D eigenvalue weighted by atomic mass is 32.2. The van der Waals surface area contributed by atoms with Gasteiger partial charge in [0.2, 0.25) is 0 Å². The molecule has 0 spiro atoms. The fourth-order valence-corrected chi connectivity index (χ4v) is 3.74. The Hall–Kier alpha value is -2.24. The molecule has 23 heavy (non-hydrogen) atoms. The van der Waals surface area contributed by atoms with E-state index in [0.29, 0.717) is 5.75 Å². The maximum Gasteiger partial charge on any atom is 0.339 e. The van der Waals surface area contributed by atoms with Crippen molar-refractivity contribution in [2.75, 3.05) is 0 Å². The number of benzene rings is 3. The van der Waals surface area contributed by atoms with Crippen LogP contribution < -0.4 is 4.18 Å². The zero-order valence-corrected chi connectivity index (χ0v) is 13.8. The van der Waals surface area contributed by atoms with Crippen LogP contribution in [0, 0.1) is 0 Å². The maximum atomic E-state index is 12.2. The Bertz CT molecular complexity index is 859. The number of rotatable bonds is 5. The summed E-state index contributed by atoms with van der Waals surface area (Å²) < 4.78 is 29.5. The van der Waals surface area contributed by atoms with E-state index in [1.807, 2.05) is 42.5 Å². The molecule has 5 heteroatoms. The zero-order valence-electron chi connectivity index (χ0n) is 12.1. The van der Waals surface area contributed by atoms with Crippen molar-refractivity contribution in [3.8, 4) is 5.75 Å². The predicted molar refractivity (Wildman–Crippen MR) is 91.3 cm³/mol. The van der Waals surface area contributed by atoms with Gasteiger partial charge in [-0.3, -0.25) is 0 Å². The summed E-state index contributed by atoms with van der Waals surface area (Å²) in [6, 6.07) is 25.1. The topological polar surface area (TPSA) is 43.4 Å². The molecule has 0 saturated heterocycles. The fraction of sp³-hybridized carbons (Fsp3) is 0. The van der Waals surface area contributed by atoms with E-state index in [1.54, 1.807) is 42.1 Å². The van der Waals surface area contributed by atoms with Crippen molar-refractivity contribution in [3.63, 3.8) is 0 Å². The van der Waals surface area contributed by atoms with Crippen LogP contribution in [0.3, 0.4) is 0 Å². The minimum atomic E-state index is -3.79. The first-order chi connectivity index (χ1) is 11.1. The van der Waals surface area contributed by atoms with Crippen molar-refractivity contribution < 1.29 is 12.6 Å². The predicted octanol–water partition coefficient (Wildman–Crippen LogP) is 4.61. The molecule has 3 aromatic carbocycles. The van der Waals surface area contributed by atoms with Gasteiger partial charge in [-0.05, 0) is 48.5 Å². The molecule has 0 aliphatic carbocycles. The van der Waals surface area contributed by atoms with Crippen LogP contribution in [0.25, 0.3) is 0 Å². The molecule has 0 heterocycles. The van der Waals surface area contributed by atoms with Gasteiger partial charge in [-0.1, -0.05) is 48.2 Å². The van der Waals surface area contributed by atoms with Crippen LogP contribution in [0.15, 0.2) is 99.6 Å².